The second-order valence-electron chi connectivity index (χ2n) is 5.73. The number of ether oxygens (including phenoxy) is 1. The lowest BCUT2D eigenvalue weighted by Gasteiger charge is -2.40. The fourth-order valence-corrected chi connectivity index (χ4v) is 2.59. The van der Waals surface area contributed by atoms with Crippen molar-refractivity contribution in [1.29, 1.82) is 0 Å². The van der Waals surface area contributed by atoms with Crippen molar-refractivity contribution in [2.45, 2.75) is 33.1 Å². The van der Waals surface area contributed by atoms with E-state index < -0.39 is 23.2 Å². The SMILES string of the molecule is C=CCC1(CCC(C)C)C(=O)NC(=S)N(CC(=O)OC)C1=O. The van der Waals surface area contributed by atoms with Crippen molar-refractivity contribution >= 4 is 35.1 Å². The topological polar surface area (TPSA) is 75.7 Å². The summed E-state index contributed by atoms with van der Waals surface area (Å²) < 4.78 is 4.58. The summed E-state index contributed by atoms with van der Waals surface area (Å²) in [5, 5.41) is 2.47. The highest BCUT2D eigenvalue weighted by Gasteiger charge is 2.51. The zero-order chi connectivity index (χ0) is 16.9. The number of nitrogens with zero attached hydrogens (tertiary/aromatic N) is 1. The second-order valence-corrected chi connectivity index (χ2v) is 6.12. The van der Waals surface area contributed by atoms with Crippen LogP contribution >= 0.6 is 12.2 Å². The number of rotatable bonds is 7. The molecule has 1 saturated heterocycles. The first-order valence-electron chi connectivity index (χ1n) is 7.13. The van der Waals surface area contributed by atoms with Crippen LogP contribution < -0.4 is 5.32 Å². The first-order chi connectivity index (χ1) is 10.3. The summed E-state index contributed by atoms with van der Waals surface area (Å²) in [4.78, 5) is 37.9. The van der Waals surface area contributed by atoms with E-state index in [1.54, 1.807) is 6.08 Å². The third-order valence-electron chi connectivity index (χ3n) is 3.71. The fraction of sp³-hybridized carbons (Fsp3) is 0.600. The second kappa shape index (κ2) is 7.49. The van der Waals surface area contributed by atoms with E-state index in [2.05, 4.69) is 16.6 Å². The first-order valence-corrected chi connectivity index (χ1v) is 7.54. The minimum atomic E-state index is -1.26. The molecule has 1 heterocycles. The van der Waals surface area contributed by atoms with Crippen LogP contribution in [-0.2, 0) is 19.1 Å². The maximum Gasteiger partial charge on any atom is 0.325 e. The van der Waals surface area contributed by atoms with Gasteiger partial charge in [0, 0.05) is 0 Å². The molecule has 1 aliphatic rings. The van der Waals surface area contributed by atoms with Gasteiger partial charge in [0.25, 0.3) is 0 Å². The Balaban J connectivity index is 3.13. The first kappa shape index (κ1) is 18.3. The van der Waals surface area contributed by atoms with Gasteiger partial charge in [-0.05, 0) is 37.4 Å². The van der Waals surface area contributed by atoms with Crippen LogP contribution in [-0.4, -0.2) is 41.5 Å². The molecule has 0 saturated carbocycles. The fourth-order valence-electron chi connectivity index (χ4n) is 2.35. The third kappa shape index (κ3) is 3.71. The van der Waals surface area contributed by atoms with Crippen LogP contribution in [0.25, 0.3) is 0 Å². The molecule has 0 spiro atoms. The molecule has 7 heteroatoms. The number of amides is 2. The monoisotopic (exact) mass is 326 g/mol. The lowest BCUT2D eigenvalue weighted by molar-refractivity contribution is -0.155. The average Bonchev–Trinajstić information content (AvgIpc) is 2.46. The molecule has 0 aromatic heterocycles. The summed E-state index contributed by atoms with van der Waals surface area (Å²) in [6.07, 6.45) is 2.82. The van der Waals surface area contributed by atoms with Gasteiger partial charge in [-0.1, -0.05) is 19.9 Å². The summed E-state index contributed by atoms with van der Waals surface area (Å²) in [6, 6.07) is 0. The van der Waals surface area contributed by atoms with E-state index in [0.717, 1.165) is 4.90 Å². The number of esters is 1. The van der Waals surface area contributed by atoms with Crippen molar-refractivity contribution in [2.75, 3.05) is 13.7 Å². The van der Waals surface area contributed by atoms with Crippen molar-refractivity contribution in [3.05, 3.63) is 12.7 Å². The molecule has 1 unspecified atom stereocenters. The molecule has 1 N–H and O–H groups in total. The molecule has 0 aliphatic carbocycles. The predicted molar refractivity (Wildman–Crippen MR) is 85.8 cm³/mol. The molecule has 1 aliphatic heterocycles. The van der Waals surface area contributed by atoms with Crippen molar-refractivity contribution < 1.29 is 19.1 Å². The molecular formula is C15H22N2O4S. The minimum absolute atomic E-state index is 0.0652. The normalized spacial score (nSPS) is 21.8. The molecule has 1 fully saturated rings. The summed E-state index contributed by atoms with van der Waals surface area (Å²) in [5.41, 5.74) is -1.26. The van der Waals surface area contributed by atoms with E-state index in [1.165, 1.54) is 7.11 Å². The van der Waals surface area contributed by atoms with Crippen molar-refractivity contribution in [3.63, 3.8) is 0 Å². The van der Waals surface area contributed by atoms with Crippen LogP contribution in [0.2, 0.25) is 0 Å². The quantitative estimate of drug-likeness (QED) is 0.331. The van der Waals surface area contributed by atoms with Crippen LogP contribution in [0, 0.1) is 11.3 Å². The lowest BCUT2D eigenvalue weighted by Crippen LogP contribution is -2.64. The predicted octanol–water partition coefficient (Wildman–Crippen LogP) is 1.40. The molecule has 0 aromatic rings. The number of nitrogens with one attached hydrogen (secondary N) is 1. The van der Waals surface area contributed by atoms with Crippen LogP contribution in [0.4, 0.5) is 0 Å². The average molecular weight is 326 g/mol. The molecular weight excluding hydrogens is 304 g/mol. The van der Waals surface area contributed by atoms with E-state index in [-0.39, 0.29) is 18.1 Å². The number of methoxy groups -OCH3 is 1. The van der Waals surface area contributed by atoms with Gasteiger partial charge in [-0.2, -0.15) is 0 Å². The molecule has 122 valence electrons. The molecule has 22 heavy (non-hydrogen) atoms. The number of hydrogen-bond acceptors (Lipinski definition) is 5. The van der Waals surface area contributed by atoms with Crippen molar-refractivity contribution in [2.24, 2.45) is 11.3 Å². The van der Waals surface area contributed by atoms with Gasteiger partial charge in [0.05, 0.1) is 7.11 Å². The highest BCUT2D eigenvalue weighted by atomic mass is 32.1. The number of carbonyl (C=O) groups excluding carboxylic acids is 3. The van der Waals surface area contributed by atoms with Gasteiger partial charge < -0.3 is 10.1 Å². The van der Waals surface area contributed by atoms with Gasteiger partial charge in [-0.25, -0.2) is 0 Å². The Morgan fingerprint density at radius 2 is 2.14 bits per heavy atom. The summed E-state index contributed by atoms with van der Waals surface area (Å²) in [6.45, 7) is 7.37. The van der Waals surface area contributed by atoms with Gasteiger partial charge >= 0.3 is 5.97 Å². The summed E-state index contributed by atoms with van der Waals surface area (Å²) in [5.74, 6) is -1.15. The Bertz CT molecular complexity index is 504. The van der Waals surface area contributed by atoms with Crippen LogP contribution in [0.5, 0.6) is 0 Å². The smallest absolute Gasteiger partial charge is 0.325 e. The van der Waals surface area contributed by atoms with Gasteiger partial charge in [0.2, 0.25) is 11.8 Å². The van der Waals surface area contributed by atoms with E-state index in [9.17, 15) is 14.4 Å². The van der Waals surface area contributed by atoms with Crippen molar-refractivity contribution in [1.82, 2.24) is 10.2 Å². The van der Waals surface area contributed by atoms with E-state index >= 15 is 0 Å². The number of allylic oxidation sites excluding steroid dienone is 1. The zero-order valence-corrected chi connectivity index (χ0v) is 14.0. The summed E-state index contributed by atoms with van der Waals surface area (Å²) >= 11 is 5.01. The van der Waals surface area contributed by atoms with Crippen molar-refractivity contribution in [3.8, 4) is 0 Å². The molecule has 0 bridgehead atoms. The molecule has 0 aromatic carbocycles. The van der Waals surface area contributed by atoms with E-state index in [4.69, 9.17) is 12.2 Å². The molecule has 2 amide bonds. The van der Waals surface area contributed by atoms with Crippen LogP contribution in [0.1, 0.15) is 33.1 Å². The Morgan fingerprint density at radius 1 is 1.50 bits per heavy atom. The lowest BCUT2D eigenvalue weighted by atomic mass is 9.75. The molecule has 1 atom stereocenters. The largest absolute Gasteiger partial charge is 0.468 e. The van der Waals surface area contributed by atoms with E-state index in [0.29, 0.717) is 18.8 Å². The zero-order valence-electron chi connectivity index (χ0n) is 13.2. The Hall–Kier alpha value is -1.76. The minimum Gasteiger partial charge on any atom is -0.468 e. The third-order valence-corrected chi connectivity index (χ3v) is 4.03. The molecule has 0 radical (unpaired) electrons. The number of hydrogen-bond donors (Lipinski definition) is 1. The standard InChI is InChI=1S/C15H22N2O4S/c1-5-7-15(8-6-10(2)3)12(19)16-14(22)17(13(15)20)9-11(18)21-4/h5,10H,1,6-9H2,2-4H3,(H,16,19,22). The van der Waals surface area contributed by atoms with Gasteiger partial charge in [-0.3, -0.25) is 19.3 Å². The van der Waals surface area contributed by atoms with Crippen LogP contribution in [0.15, 0.2) is 12.7 Å². The van der Waals surface area contributed by atoms with Gasteiger partial charge in [0.1, 0.15) is 12.0 Å². The number of thiocarbonyl (C=S) groups is 1. The van der Waals surface area contributed by atoms with Gasteiger partial charge in [0.15, 0.2) is 5.11 Å². The highest BCUT2D eigenvalue weighted by Crippen LogP contribution is 2.35. The maximum absolute atomic E-state index is 12.8. The van der Waals surface area contributed by atoms with Crippen LogP contribution in [0.3, 0.4) is 0 Å². The summed E-state index contributed by atoms with van der Waals surface area (Å²) in [7, 11) is 1.23. The Kier molecular flexibility index (Phi) is 6.22. The van der Waals surface area contributed by atoms with E-state index in [1.807, 2.05) is 13.8 Å². The molecule has 6 nitrogen and oxygen atoms in total. The highest BCUT2D eigenvalue weighted by molar-refractivity contribution is 7.80. The Labute approximate surface area is 135 Å². The van der Waals surface area contributed by atoms with Gasteiger partial charge in [-0.15, -0.1) is 6.58 Å². The Morgan fingerprint density at radius 3 is 2.64 bits per heavy atom. The maximum atomic E-state index is 12.8. The number of carbonyl (C=O) groups is 3. The molecule has 1 rings (SSSR count).